The first-order valence-corrected chi connectivity index (χ1v) is 10.8. The molecule has 0 radical (unpaired) electrons. The van der Waals surface area contributed by atoms with E-state index in [1.165, 1.54) is 22.8 Å². The van der Waals surface area contributed by atoms with Crippen LogP contribution in [0.15, 0.2) is 71.5 Å². The fourth-order valence-electron chi connectivity index (χ4n) is 5.18. The molecular weight excluding hydrogens is 438 g/mol. The summed E-state index contributed by atoms with van der Waals surface area (Å²) in [6.07, 6.45) is 0.525. The highest BCUT2D eigenvalue weighted by Crippen LogP contribution is 2.49. The van der Waals surface area contributed by atoms with Crippen molar-refractivity contribution in [3.63, 3.8) is 0 Å². The Morgan fingerprint density at radius 1 is 1.09 bits per heavy atom. The zero-order chi connectivity index (χ0) is 23.6. The number of non-ortho nitro benzene ring substituents is 1. The maximum absolute atomic E-state index is 13.4. The molecule has 4 aromatic rings. The molecule has 2 amide bonds. The van der Waals surface area contributed by atoms with Crippen molar-refractivity contribution in [3.8, 4) is 11.6 Å². The van der Waals surface area contributed by atoms with Crippen LogP contribution in [0.2, 0.25) is 0 Å². The van der Waals surface area contributed by atoms with E-state index >= 15 is 0 Å². The lowest BCUT2D eigenvalue weighted by molar-refractivity contribution is -0.384. The molecule has 34 heavy (non-hydrogen) atoms. The molecule has 2 bridgehead atoms. The summed E-state index contributed by atoms with van der Waals surface area (Å²) in [4.78, 5) is 38.4. The summed E-state index contributed by atoms with van der Waals surface area (Å²) in [6.45, 7) is 0.303. The molecule has 10 nitrogen and oxygen atoms in total. The molecule has 10 heteroatoms. The summed E-state index contributed by atoms with van der Waals surface area (Å²) in [6, 6.07) is 17.7. The average molecular weight is 457 g/mol. The smallest absolute Gasteiger partial charge is 0.336 e. The fourth-order valence-corrected chi connectivity index (χ4v) is 5.18. The topological polar surface area (TPSA) is 123 Å². The van der Waals surface area contributed by atoms with Crippen LogP contribution >= 0.6 is 0 Å². The van der Waals surface area contributed by atoms with Crippen LogP contribution in [0.4, 0.5) is 16.2 Å². The van der Waals surface area contributed by atoms with Gasteiger partial charge in [0.1, 0.15) is 5.69 Å². The number of nitro groups is 1. The van der Waals surface area contributed by atoms with Gasteiger partial charge in [-0.1, -0.05) is 42.5 Å². The zero-order valence-electron chi connectivity index (χ0n) is 17.8. The van der Waals surface area contributed by atoms with Gasteiger partial charge in [0.05, 0.1) is 22.7 Å². The normalized spacial score (nSPS) is 18.3. The Bertz CT molecular complexity index is 1550. The molecule has 0 spiro atoms. The van der Waals surface area contributed by atoms with Gasteiger partial charge in [-0.15, -0.1) is 0 Å². The summed E-state index contributed by atoms with van der Waals surface area (Å²) in [7, 11) is 0. The first kappa shape index (κ1) is 20.0. The highest BCUT2D eigenvalue weighted by molar-refractivity contribution is 5.91. The Kier molecular flexibility index (Phi) is 4.25. The van der Waals surface area contributed by atoms with E-state index in [0.717, 1.165) is 10.8 Å². The highest BCUT2D eigenvalue weighted by atomic mass is 16.6. The van der Waals surface area contributed by atoms with Crippen LogP contribution in [-0.2, 0) is 0 Å². The number of likely N-dealkylation sites (tertiary alicyclic amines) is 1. The van der Waals surface area contributed by atoms with Crippen LogP contribution < -0.4 is 11.0 Å². The number of aromatic nitrogens is 2. The standard InChI is InChI=1S/C24H19N5O5/c30-22-21-20-12-17(13-26(20)23(31)25-15-7-4-8-16(11-15)29(33)34)27(21)24(32)28(22)19-10-3-6-14-5-1-2-9-18(14)19/h1-11,17,20,30H,12-13H2,(H,25,31)/t17-,20-/m0/s1. The predicted octanol–water partition coefficient (Wildman–Crippen LogP) is 3.94. The van der Waals surface area contributed by atoms with Gasteiger partial charge < -0.3 is 15.3 Å². The van der Waals surface area contributed by atoms with Crippen molar-refractivity contribution in [2.75, 3.05) is 11.9 Å². The summed E-state index contributed by atoms with van der Waals surface area (Å²) in [5.41, 5.74) is 0.823. The predicted molar refractivity (Wildman–Crippen MR) is 124 cm³/mol. The summed E-state index contributed by atoms with van der Waals surface area (Å²) >= 11 is 0. The average Bonchev–Trinajstić information content (AvgIpc) is 3.50. The van der Waals surface area contributed by atoms with Crippen molar-refractivity contribution < 1.29 is 14.8 Å². The molecule has 0 saturated carbocycles. The van der Waals surface area contributed by atoms with Crippen molar-refractivity contribution >= 4 is 28.2 Å². The third kappa shape index (κ3) is 2.81. The molecule has 0 aliphatic carbocycles. The third-order valence-corrected chi connectivity index (χ3v) is 6.63. The molecule has 3 heterocycles. The fraction of sp³-hybridized carbons (Fsp3) is 0.167. The van der Waals surface area contributed by atoms with E-state index in [0.29, 0.717) is 30.0 Å². The van der Waals surface area contributed by atoms with Crippen molar-refractivity contribution in [1.82, 2.24) is 14.0 Å². The molecule has 170 valence electrons. The van der Waals surface area contributed by atoms with Gasteiger partial charge in [0, 0.05) is 29.8 Å². The number of carbonyl (C=O) groups is 1. The molecule has 2 aliphatic rings. The molecule has 2 aliphatic heterocycles. The quantitative estimate of drug-likeness (QED) is 0.356. The number of nitro benzene ring substituents is 1. The Morgan fingerprint density at radius 3 is 2.68 bits per heavy atom. The molecule has 1 aromatic heterocycles. The minimum Gasteiger partial charge on any atom is -0.493 e. The van der Waals surface area contributed by atoms with Crippen molar-refractivity contribution in [3.05, 3.63) is 93.0 Å². The number of urea groups is 1. The lowest BCUT2D eigenvalue weighted by Gasteiger charge is -2.27. The largest absolute Gasteiger partial charge is 0.493 e. The Balaban J connectivity index is 1.36. The number of imidazole rings is 1. The van der Waals surface area contributed by atoms with Gasteiger partial charge in [-0.3, -0.25) is 14.7 Å². The molecule has 3 aromatic carbocycles. The summed E-state index contributed by atoms with van der Waals surface area (Å²) in [5, 5.41) is 26.7. The number of nitrogens with zero attached hydrogens (tertiary/aromatic N) is 4. The highest BCUT2D eigenvalue weighted by Gasteiger charge is 2.49. The first-order valence-electron chi connectivity index (χ1n) is 10.8. The Morgan fingerprint density at radius 2 is 1.85 bits per heavy atom. The van der Waals surface area contributed by atoms with Crippen LogP contribution in [0, 0.1) is 10.1 Å². The molecule has 2 atom stereocenters. The van der Waals surface area contributed by atoms with E-state index in [2.05, 4.69) is 5.32 Å². The second-order valence-electron chi connectivity index (χ2n) is 8.49. The number of anilines is 1. The summed E-state index contributed by atoms with van der Waals surface area (Å²) < 4.78 is 2.89. The second kappa shape index (κ2) is 7.20. The van der Waals surface area contributed by atoms with E-state index in [1.54, 1.807) is 21.6 Å². The van der Waals surface area contributed by atoms with Crippen molar-refractivity contribution in [2.24, 2.45) is 0 Å². The van der Waals surface area contributed by atoms with Gasteiger partial charge in [0.25, 0.3) is 5.69 Å². The number of rotatable bonds is 3. The minimum atomic E-state index is -0.528. The second-order valence-corrected chi connectivity index (χ2v) is 8.49. The minimum absolute atomic E-state index is 0.126. The van der Waals surface area contributed by atoms with Crippen LogP contribution in [0.5, 0.6) is 5.88 Å². The Labute approximate surface area is 192 Å². The summed E-state index contributed by atoms with van der Waals surface area (Å²) in [5.74, 6) is -0.179. The Hall–Kier alpha value is -4.60. The maximum Gasteiger partial charge on any atom is 0.336 e. The zero-order valence-corrected chi connectivity index (χ0v) is 17.8. The van der Waals surface area contributed by atoms with Gasteiger partial charge >= 0.3 is 11.7 Å². The number of nitrogens with one attached hydrogen (secondary N) is 1. The van der Waals surface area contributed by atoms with Gasteiger partial charge in [0.2, 0.25) is 5.88 Å². The monoisotopic (exact) mass is 457 g/mol. The van der Waals surface area contributed by atoms with E-state index < -0.39 is 17.0 Å². The third-order valence-electron chi connectivity index (χ3n) is 6.63. The van der Waals surface area contributed by atoms with Gasteiger partial charge in [-0.25, -0.2) is 14.2 Å². The molecule has 1 saturated heterocycles. The van der Waals surface area contributed by atoms with Crippen molar-refractivity contribution in [2.45, 2.75) is 18.5 Å². The van der Waals surface area contributed by atoms with Crippen molar-refractivity contribution in [1.29, 1.82) is 0 Å². The van der Waals surface area contributed by atoms with E-state index in [4.69, 9.17) is 0 Å². The van der Waals surface area contributed by atoms with Crippen LogP contribution in [0.25, 0.3) is 16.5 Å². The van der Waals surface area contributed by atoms with Crippen LogP contribution in [-0.4, -0.2) is 36.6 Å². The van der Waals surface area contributed by atoms with Crippen LogP contribution in [0.1, 0.15) is 24.2 Å². The number of benzene rings is 3. The maximum atomic E-state index is 13.4. The first-order chi connectivity index (χ1) is 16.4. The molecular formula is C24H19N5O5. The number of fused-ring (bicyclic) bond motifs is 6. The van der Waals surface area contributed by atoms with E-state index in [1.807, 2.05) is 36.4 Å². The number of aromatic hydroxyl groups is 1. The lowest BCUT2D eigenvalue weighted by atomic mass is 10.1. The van der Waals surface area contributed by atoms with Gasteiger partial charge in [-0.2, -0.15) is 0 Å². The molecule has 6 rings (SSSR count). The molecule has 1 fully saturated rings. The number of carbonyl (C=O) groups excluding carboxylic acids is 1. The van der Waals surface area contributed by atoms with E-state index in [-0.39, 0.29) is 23.3 Å². The number of hydrogen-bond donors (Lipinski definition) is 2. The van der Waals surface area contributed by atoms with Gasteiger partial charge in [0.15, 0.2) is 0 Å². The van der Waals surface area contributed by atoms with Crippen LogP contribution in [0.3, 0.4) is 0 Å². The number of hydrogen-bond acceptors (Lipinski definition) is 5. The van der Waals surface area contributed by atoms with E-state index in [9.17, 15) is 24.8 Å². The SMILES string of the molecule is O=C(Nc1cccc([N+](=O)[O-])c1)N1C[C@@H]2C[C@H]1c1c(O)n(-c3cccc4ccccc34)c(=O)n12. The molecule has 0 unspecified atom stereocenters. The van der Waals surface area contributed by atoms with Gasteiger partial charge in [-0.05, 0) is 23.9 Å². The lowest BCUT2D eigenvalue weighted by Crippen LogP contribution is -2.40. The number of amides is 2. The molecule has 2 N–H and O–H groups in total.